The molecule has 0 fully saturated rings. The molecule has 0 amide bonds. The van der Waals surface area contributed by atoms with E-state index in [0.29, 0.717) is 5.41 Å². The fourth-order valence-corrected chi connectivity index (χ4v) is 1.24. The smallest absolute Gasteiger partial charge is 0.00148 e. The summed E-state index contributed by atoms with van der Waals surface area (Å²) in [4.78, 5) is 0. The lowest BCUT2D eigenvalue weighted by atomic mass is 9.93. The third kappa shape index (κ3) is 6.62. The molecule has 0 aromatic rings. The average Bonchev–Trinajstić information content (AvgIpc) is 1.85. The topological polar surface area (TPSA) is 24.1 Å². The first-order valence-electron chi connectivity index (χ1n) is 4.83. The maximum Gasteiger partial charge on any atom is 0.00148 e. The predicted octanol–water partition coefficient (Wildman–Crippen LogP) is 1.48. The molecule has 74 valence electrons. The van der Waals surface area contributed by atoms with Gasteiger partial charge in [0.1, 0.15) is 0 Å². The van der Waals surface area contributed by atoms with Gasteiger partial charge in [-0.2, -0.15) is 0 Å². The van der Waals surface area contributed by atoms with Gasteiger partial charge in [0.2, 0.25) is 0 Å². The molecule has 0 unspecified atom stereocenters. The van der Waals surface area contributed by atoms with Crippen molar-refractivity contribution in [2.45, 2.75) is 27.7 Å². The van der Waals surface area contributed by atoms with Crippen LogP contribution in [-0.2, 0) is 0 Å². The molecule has 2 heteroatoms. The first kappa shape index (κ1) is 11.9. The molecule has 12 heavy (non-hydrogen) atoms. The molecular weight excluding hydrogens is 148 g/mol. The molecule has 0 aliphatic rings. The summed E-state index contributed by atoms with van der Waals surface area (Å²) in [6.45, 7) is 12.3. The van der Waals surface area contributed by atoms with E-state index < -0.39 is 0 Å². The number of nitrogens with one attached hydrogen (secondary N) is 2. The first-order valence-corrected chi connectivity index (χ1v) is 4.83. The highest BCUT2D eigenvalue weighted by Crippen LogP contribution is 2.11. The Morgan fingerprint density at radius 2 is 1.75 bits per heavy atom. The minimum Gasteiger partial charge on any atom is -0.319 e. The van der Waals surface area contributed by atoms with Crippen LogP contribution in [0.2, 0.25) is 0 Å². The van der Waals surface area contributed by atoms with Crippen molar-refractivity contribution in [1.82, 2.24) is 10.6 Å². The van der Waals surface area contributed by atoms with E-state index in [-0.39, 0.29) is 0 Å². The Morgan fingerprint density at radius 1 is 1.17 bits per heavy atom. The van der Waals surface area contributed by atoms with Gasteiger partial charge in [-0.1, -0.05) is 27.7 Å². The van der Waals surface area contributed by atoms with Crippen molar-refractivity contribution in [2.24, 2.45) is 11.3 Å². The largest absolute Gasteiger partial charge is 0.319 e. The van der Waals surface area contributed by atoms with Crippen LogP contribution < -0.4 is 10.6 Å². The average molecular weight is 172 g/mol. The second-order valence-electron chi connectivity index (χ2n) is 4.72. The Morgan fingerprint density at radius 3 is 2.17 bits per heavy atom. The highest BCUT2D eigenvalue weighted by Gasteiger charge is 2.15. The van der Waals surface area contributed by atoms with Gasteiger partial charge in [0.25, 0.3) is 0 Å². The summed E-state index contributed by atoms with van der Waals surface area (Å²) in [6.07, 6.45) is 0. The third-order valence-electron chi connectivity index (χ3n) is 1.81. The normalized spacial score (nSPS) is 12.5. The molecule has 0 aromatic heterocycles. The van der Waals surface area contributed by atoms with Crippen LogP contribution in [0, 0.1) is 11.3 Å². The van der Waals surface area contributed by atoms with E-state index in [1.165, 1.54) is 0 Å². The van der Waals surface area contributed by atoms with Crippen molar-refractivity contribution >= 4 is 0 Å². The zero-order chi connectivity index (χ0) is 9.61. The van der Waals surface area contributed by atoms with Gasteiger partial charge in [-0.15, -0.1) is 0 Å². The molecule has 2 N–H and O–H groups in total. The van der Waals surface area contributed by atoms with Gasteiger partial charge >= 0.3 is 0 Å². The number of hydrogen-bond donors (Lipinski definition) is 2. The third-order valence-corrected chi connectivity index (χ3v) is 1.81. The highest BCUT2D eigenvalue weighted by molar-refractivity contribution is 4.73. The molecule has 0 bridgehead atoms. The minimum absolute atomic E-state index is 0.365. The van der Waals surface area contributed by atoms with Gasteiger partial charge in [0.15, 0.2) is 0 Å². The SMILES string of the molecule is CNCC(C)(C)CNCC(C)C. The summed E-state index contributed by atoms with van der Waals surface area (Å²) >= 11 is 0. The molecule has 0 saturated heterocycles. The summed E-state index contributed by atoms with van der Waals surface area (Å²) < 4.78 is 0. The summed E-state index contributed by atoms with van der Waals surface area (Å²) in [5, 5.41) is 6.68. The van der Waals surface area contributed by atoms with E-state index in [0.717, 1.165) is 25.6 Å². The Hall–Kier alpha value is -0.0800. The minimum atomic E-state index is 0.365. The second kappa shape index (κ2) is 5.55. The zero-order valence-corrected chi connectivity index (χ0v) is 9.20. The maximum atomic E-state index is 3.47. The molecular formula is C10H24N2. The molecule has 0 radical (unpaired) electrons. The summed E-state index contributed by atoms with van der Waals surface area (Å²) in [6, 6.07) is 0. The van der Waals surface area contributed by atoms with Crippen LogP contribution in [0.4, 0.5) is 0 Å². The summed E-state index contributed by atoms with van der Waals surface area (Å²) in [5.74, 6) is 0.746. The van der Waals surface area contributed by atoms with Crippen molar-refractivity contribution in [3.8, 4) is 0 Å². The lowest BCUT2D eigenvalue weighted by molar-refractivity contribution is 0.323. The molecule has 0 aromatic carbocycles. The summed E-state index contributed by atoms with van der Waals surface area (Å²) in [5.41, 5.74) is 0.365. The van der Waals surface area contributed by atoms with Gasteiger partial charge < -0.3 is 10.6 Å². The van der Waals surface area contributed by atoms with Crippen LogP contribution in [-0.4, -0.2) is 26.7 Å². The van der Waals surface area contributed by atoms with Gasteiger partial charge in [-0.05, 0) is 24.9 Å². The molecule has 0 saturated carbocycles. The fraction of sp³-hybridized carbons (Fsp3) is 1.00. The molecule has 0 rings (SSSR count). The quantitative estimate of drug-likeness (QED) is 0.634. The molecule has 0 aliphatic carbocycles. The second-order valence-corrected chi connectivity index (χ2v) is 4.72. The Labute approximate surface area is 77.1 Å². The van der Waals surface area contributed by atoms with E-state index in [1.807, 2.05) is 7.05 Å². The van der Waals surface area contributed by atoms with Crippen molar-refractivity contribution in [3.05, 3.63) is 0 Å². The lowest BCUT2D eigenvalue weighted by Gasteiger charge is -2.25. The van der Waals surface area contributed by atoms with E-state index in [2.05, 4.69) is 38.3 Å². The van der Waals surface area contributed by atoms with E-state index in [9.17, 15) is 0 Å². The Balaban J connectivity index is 3.46. The van der Waals surface area contributed by atoms with E-state index >= 15 is 0 Å². The van der Waals surface area contributed by atoms with Gasteiger partial charge in [-0.3, -0.25) is 0 Å². The summed E-state index contributed by atoms with van der Waals surface area (Å²) in [7, 11) is 2.00. The van der Waals surface area contributed by atoms with Crippen LogP contribution in [0.15, 0.2) is 0 Å². The number of rotatable bonds is 6. The molecule has 0 aliphatic heterocycles. The van der Waals surface area contributed by atoms with Crippen LogP contribution in [0.25, 0.3) is 0 Å². The molecule has 0 spiro atoms. The van der Waals surface area contributed by atoms with E-state index in [4.69, 9.17) is 0 Å². The lowest BCUT2D eigenvalue weighted by Crippen LogP contribution is -2.38. The molecule has 0 atom stereocenters. The van der Waals surface area contributed by atoms with Crippen LogP contribution >= 0.6 is 0 Å². The maximum absolute atomic E-state index is 3.47. The van der Waals surface area contributed by atoms with Crippen molar-refractivity contribution < 1.29 is 0 Å². The van der Waals surface area contributed by atoms with E-state index in [1.54, 1.807) is 0 Å². The van der Waals surface area contributed by atoms with Gasteiger partial charge in [0, 0.05) is 13.1 Å². The van der Waals surface area contributed by atoms with Gasteiger partial charge in [0.05, 0.1) is 0 Å². The van der Waals surface area contributed by atoms with Gasteiger partial charge in [-0.25, -0.2) is 0 Å². The number of hydrogen-bond acceptors (Lipinski definition) is 2. The molecule has 2 nitrogen and oxygen atoms in total. The highest BCUT2D eigenvalue weighted by atomic mass is 14.9. The first-order chi connectivity index (χ1) is 5.48. The van der Waals surface area contributed by atoms with Crippen LogP contribution in [0.3, 0.4) is 0 Å². The zero-order valence-electron chi connectivity index (χ0n) is 9.20. The fourth-order valence-electron chi connectivity index (χ4n) is 1.24. The predicted molar refractivity (Wildman–Crippen MR) is 55.4 cm³/mol. The van der Waals surface area contributed by atoms with Crippen LogP contribution in [0.5, 0.6) is 0 Å². The monoisotopic (exact) mass is 172 g/mol. The Bertz CT molecular complexity index is 108. The Kier molecular flexibility index (Phi) is 5.51. The standard InChI is InChI=1S/C10H24N2/c1-9(2)6-12-8-10(3,4)7-11-5/h9,11-12H,6-8H2,1-5H3. The van der Waals surface area contributed by atoms with Crippen LogP contribution in [0.1, 0.15) is 27.7 Å². The molecule has 0 heterocycles. The van der Waals surface area contributed by atoms with Crippen molar-refractivity contribution in [3.63, 3.8) is 0 Å². The van der Waals surface area contributed by atoms with Crippen molar-refractivity contribution in [2.75, 3.05) is 26.7 Å². The van der Waals surface area contributed by atoms with Crippen molar-refractivity contribution in [1.29, 1.82) is 0 Å².